The van der Waals surface area contributed by atoms with E-state index >= 15 is 0 Å². The zero-order valence-corrected chi connectivity index (χ0v) is 14.9. The van der Waals surface area contributed by atoms with Crippen molar-refractivity contribution in [1.82, 2.24) is 19.9 Å². The van der Waals surface area contributed by atoms with Crippen molar-refractivity contribution in [3.63, 3.8) is 0 Å². The Bertz CT molecular complexity index is 703. The number of thiazole rings is 1. The summed E-state index contributed by atoms with van der Waals surface area (Å²) in [5.74, 6) is 0.129. The summed E-state index contributed by atoms with van der Waals surface area (Å²) in [7, 11) is 0. The molecule has 24 heavy (non-hydrogen) atoms. The molecule has 0 radical (unpaired) electrons. The third-order valence-electron chi connectivity index (χ3n) is 4.24. The fraction of sp³-hybridized carbons (Fsp3) is 0.529. The predicted octanol–water partition coefficient (Wildman–Crippen LogP) is 1.95. The molecule has 0 spiro atoms. The van der Waals surface area contributed by atoms with Gasteiger partial charge in [0.05, 0.1) is 47.8 Å². The topological polar surface area (TPSA) is 68.2 Å². The lowest BCUT2D eigenvalue weighted by Crippen LogP contribution is -2.49. The van der Waals surface area contributed by atoms with Gasteiger partial charge < -0.3 is 9.64 Å². The number of morpholine rings is 1. The van der Waals surface area contributed by atoms with Gasteiger partial charge in [-0.15, -0.1) is 11.3 Å². The number of amides is 1. The van der Waals surface area contributed by atoms with Crippen molar-refractivity contribution >= 4 is 17.2 Å². The van der Waals surface area contributed by atoms with Crippen molar-refractivity contribution < 1.29 is 9.53 Å². The molecule has 3 rings (SSSR count). The van der Waals surface area contributed by atoms with Crippen LogP contribution in [0.2, 0.25) is 0 Å². The Labute approximate surface area is 145 Å². The summed E-state index contributed by atoms with van der Waals surface area (Å²) >= 11 is 1.58. The number of carbonyl (C=O) groups is 1. The zero-order chi connectivity index (χ0) is 16.9. The maximum atomic E-state index is 12.7. The molecular weight excluding hydrogens is 324 g/mol. The maximum absolute atomic E-state index is 12.7. The van der Waals surface area contributed by atoms with Crippen LogP contribution in [0.4, 0.5) is 0 Å². The Morgan fingerprint density at radius 1 is 1.38 bits per heavy atom. The van der Waals surface area contributed by atoms with Crippen molar-refractivity contribution in [1.29, 1.82) is 0 Å². The molecule has 1 atom stereocenters. The summed E-state index contributed by atoms with van der Waals surface area (Å²) in [6.45, 7) is 5.75. The molecule has 0 unspecified atom stereocenters. The molecule has 0 saturated carbocycles. The van der Waals surface area contributed by atoms with Crippen LogP contribution in [0.3, 0.4) is 0 Å². The predicted molar refractivity (Wildman–Crippen MR) is 92.0 cm³/mol. The molecule has 2 aromatic rings. The van der Waals surface area contributed by atoms with Crippen LogP contribution in [0.15, 0.2) is 17.8 Å². The minimum absolute atomic E-state index is 0.0902. The lowest BCUT2D eigenvalue weighted by Gasteiger charge is -2.35. The van der Waals surface area contributed by atoms with Gasteiger partial charge in [-0.25, -0.2) is 4.98 Å². The second kappa shape index (κ2) is 7.81. The molecule has 1 aliphatic heterocycles. The van der Waals surface area contributed by atoms with Crippen LogP contribution in [0, 0.1) is 13.8 Å². The van der Waals surface area contributed by atoms with E-state index in [0.29, 0.717) is 26.2 Å². The van der Waals surface area contributed by atoms with Crippen LogP contribution < -0.4 is 0 Å². The summed E-state index contributed by atoms with van der Waals surface area (Å²) in [5, 5.41) is 2.96. The van der Waals surface area contributed by atoms with E-state index in [0.717, 1.165) is 34.9 Å². The minimum atomic E-state index is 0.0902. The highest BCUT2D eigenvalue weighted by molar-refractivity contribution is 7.09. The number of aromatic nitrogens is 3. The summed E-state index contributed by atoms with van der Waals surface area (Å²) < 4.78 is 5.59. The second-order valence-electron chi connectivity index (χ2n) is 5.98. The number of aryl methyl sites for hydroxylation is 3. The third kappa shape index (κ3) is 4.15. The zero-order valence-electron chi connectivity index (χ0n) is 14.1. The molecule has 2 aromatic heterocycles. The van der Waals surface area contributed by atoms with Crippen LogP contribution >= 0.6 is 11.3 Å². The van der Waals surface area contributed by atoms with Crippen molar-refractivity contribution in [2.24, 2.45) is 0 Å². The van der Waals surface area contributed by atoms with Gasteiger partial charge >= 0.3 is 0 Å². The Balaban J connectivity index is 1.62. The van der Waals surface area contributed by atoms with Gasteiger partial charge in [0.15, 0.2) is 0 Å². The molecule has 0 aromatic carbocycles. The fourth-order valence-corrected chi connectivity index (χ4v) is 3.57. The van der Waals surface area contributed by atoms with Crippen LogP contribution in [-0.2, 0) is 22.4 Å². The first-order chi connectivity index (χ1) is 11.6. The van der Waals surface area contributed by atoms with Gasteiger partial charge in [0, 0.05) is 24.3 Å². The van der Waals surface area contributed by atoms with Crippen molar-refractivity contribution in [2.45, 2.75) is 39.2 Å². The second-order valence-corrected chi connectivity index (χ2v) is 7.04. The number of nitrogens with zero attached hydrogens (tertiary/aromatic N) is 4. The van der Waals surface area contributed by atoms with E-state index in [4.69, 9.17) is 4.74 Å². The van der Waals surface area contributed by atoms with Crippen molar-refractivity contribution in [2.75, 3.05) is 19.8 Å². The number of hydrogen-bond acceptors (Lipinski definition) is 6. The van der Waals surface area contributed by atoms with E-state index in [1.807, 2.05) is 24.1 Å². The molecule has 0 bridgehead atoms. The van der Waals surface area contributed by atoms with E-state index in [-0.39, 0.29) is 11.9 Å². The normalized spacial score (nSPS) is 17.9. The Morgan fingerprint density at radius 3 is 2.96 bits per heavy atom. The molecule has 1 amide bonds. The molecule has 0 aliphatic carbocycles. The van der Waals surface area contributed by atoms with E-state index < -0.39 is 0 Å². The van der Waals surface area contributed by atoms with Crippen molar-refractivity contribution in [3.8, 4) is 0 Å². The van der Waals surface area contributed by atoms with Gasteiger partial charge in [-0.3, -0.25) is 14.8 Å². The van der Waals surface area contributed by atoms with Gasteiger partial charge in [0.25, 0.3) is 0 Å². The summed E-state index contributed by atoms with van der Waals surface area (Å²) in [6.07, 6.45) is 5.42. The van der Waals surface area contributed by atoms with Crippen LogP contribution in [-0.4, -0.2) is 51.6 Å². The molecule has 1 saturated heterocycles. The summed E-state index contributed by atoms with van der Waals surface area (Å²) in [5.41, 5.74) is 2.80. The van der Waals surface area contributed by atoms with Gasteiger partial charge in [-0.05, 0) is 26.7 Å². The fourth-order valence-electron chi connectivity index (χ4n) is 2.95. The highest BCUT2D eigenvalue weighted by atomic mass is 32.1. The van der Waals surface area contributed by atoms with E-state index in [2.05, 4.69) is 15.0 Å². The average Bonchev–Trinajstić information content (AvgIpc) is 2.99. The van der Waals surface area contributed by atoms with Gasteiger partial charge in [-0.1, -0.05) is 0 Å². The lowest BCUT2D eigenvalue weighted by molar-refractivity contribution is -0.139. The van der Waals surface area contributed by atoms with Crippen molar-refractivity contribution in [3.05, 3.63) is 39.9 Å². The SMILES string of the molecule is Cc1nc(CC(=O)N2CCOC[C@H]2CCc2nccnc2C)cs1. The molecular formula is C17H22N4O2S. The molecule has 6 nitrogen and oxygen atoms in total. The average molecular weight is 346 g/mol. The van der Waals surface area contributed by atoms with Crippen LogP contribution in [0.1, 0.15) is 28.5 Å². The highest BCUT2D eigenvalue weighted by Crippen LogP contribution is 2.17. The smallest absolute Gasteiger partial charge is 0.229 e. The number of rotatable bonds is 5. The Morgan fingerprint density at radius 2 is 2.21 bits per heavy atom. The summed E-state index contributed by atoms with van der Waals surface area (Å²) in [4.78, 5) is 27.7. The first-order valence-corrected chi connectivity index (χ1v) is 9.06. The van der Waals surface area contributed by atoms with E-state index in [1.54, 1.807) is 23.7 Å². The number of carbonyl (C=O) groups excluding carboxylic acids is 1. The quantitative estimate of drug-likeness (QED) is 0.828. The molecule has 0 N–H and O–H groups in total. The number of ether oxygens (including phenoxy) is 1. The largest absolute Gasteiger partial charge is 0.377 e. The van der Waals surface area contributed by atoms with Crippen LogP contribution in [0.5, 0.6) is 0 Å². The van der Waals surface area contributed by atoms with Gasteiger partial charge in [0.2, 0.25) is 5.91 Å². The molecule has 1 fully saturated rings. The molecule has 1 aliphatic rings. The van der Waals surface area contributed by atoms with Gasteiger partial charge in [0.1, 0.15) is 0 Å². The Kier molecular flexibility index (Phi) is 5.52. The summed E-state index contributed by atoms with van der Waals surface area (Å²) in [6, 6.07) is 0.0902. The van der Waals surface area contributed by atoms with Crippen LogP contribution in [0.25, 0.3) is 0 Å². The standard InChI is InChI=1S/C17H22N4O2S/c1-12-16(19-6-5-18-12)4-3-15-10-23-8-7-21(15)17(22)9-14-11-24-13(2)20-14/h5-6,11,15H,3-4,7-10H2,1-2H3/t15-/m1/s1. The highest BCUT2D eigenvalue weighted by Gasteiger charge is 2.27. The van der Waals surface area contributed by atoms with E-state index in [1.165, 1.54) is 0 Å². The van der Waals surface area contributed by atoms with E-state index in [9.17, 15) is 4.79 Å². The monoisotopic (exact) mass is 346 g/mol. The lowest BCUT2D eigenvalue weighted by atomic mass is 10.1. The molecule has 3 heterocycles. The molecule has 128 valence electrons. The first kappa shape index (κ1) is 17.0. The number of hydrogen-bond donors (Lipinski definition) is 0. The first-order valence-electron chi connectivity index (χ1n) is 8.18. The maximum Gasteiger partial charge on any atom is 0.229 e. The van der Waals surface area contributed by atoms with Gasteiger partial charge in [-0.2, -0.15) is 0 Å². The molecule has 7 heteroatoms. The Hall–Kier alpha value is -1.86. The third-order valence-corrected chi connectivity index (χ3v) is 5.07. The minimum Gasteiger partial charge on any atom is -0.377 e.